The molecule has 5 heteroatoms. The van der Waals surface area contributed by atoms with Crippen molar-refractivity contribution in [2.24, 2.45) is 0 Å². The summed E-state index contributed by atoms with van der Waals surface area (Å²) in [5.41, 5.74) is 1.29. The molecule has 1 aliphatic carbocycles. The zero-order valence-corrected chi connectivity index (χ0v) is 14.7. The smallest absolute Gasteiger partial charge is 0.310 e. The van der Waals surface area contributed by atoms with Crippen LogP contribution in [0.1, 0.15) is 49.7 Å². The third-order valence-electron chi connectivity index (χ3n) is 5.31. The number of hydrogen-bond donors (Lipinski definition) is 2. The monoisotopic (exact) mass is 355 g/mol. The summed E-state index contributed by atoms with van der Waals surface area (Å²) < 4.78 is 13.7. The number of hydrogen-bond acceptors (Lipinski definition) is 2. The van der Waals surface area contributed by atoms with E-state index in [0.29, 0.717) is 29.7 Å². The number of carbonyl (C=O) groups is 2. The molecular formula is C21H22FNO3. The van der Waals surface area contributed by atoms with Gasteiger partial charge in [-0.05, 0) is 55.2 Å². The molecule has 0 radical (unpaired) electrons. The summed E-state index contributed by atoms with van der Waals surface area (Å²) in [6.07, 6.45) is 3.24. The number of halogens is 1. The minimum absolute atomic E-state index is 0.139. The molecule has 26 heavy (non-hydrogen) atoms. The predicted molar refractivity (Wildman–Crippen MR) is 97.7 cm³/mol. The molecule has 0 saturated heterocycles. The molecule has 1 aliphatic rings. The van der Waals surface area contributed by atoms with Crippen LogP contribution >= 0.6 is 0 Å². The normalized spacial score (nSPS) is 16.8. The van der Waals surface area contributed by atoms with Crippen LogP contribution in [0.2, 0.25) is 0 Å². The van der Waals surface area contributed by atoms with Crippen molar-refractivity contribution in [1.29, 1.82) is 0 Å². The van der Waals surface area contributed by atoms with E-state index in [1.807, 2.05) is 6.07 Å². The first kappa shape index (κ1) is 18.1. The van der Waals surface area contributed by atoms with Crippen LogP contribution in [0, 0.1) is 5.82 Å². The molecule has 0 spiro atoms. The summed E-state index contributed by atoms with van der Waals surface area (Å²) in [7, 11) is 0. The van der Waals surface area contributed by atoms with Crippen LogP contribution in [-0.4, -0.2) is 17.0 Å². The van der Waals surface area contributed by atoms with E-state index >= 15 is 0 Å². The van der Waals surface area contributed by atoms with E-state index in [2.05, 4.69) is 5.32 Å². The van der Waals surface area contributed by atoms with E-state index < -0.39 is 17.3 Å². The highest BCUT2D eigenvalue weighted by Crippen LogP contribution is 2.42. The standard InChI is InChI=1S/C21H22FNO3/c1-14(19(24)25)15-7-9-18(10-8-15)23-20(26)21(11-2-3-12-21)16-5-4-6-17(22)13-16/h4-10,13-14H,2-3,11-12H2,1H3,(H,23,26)(H,24,25). The molecule has 2 aromatic carbocycles. The van der Waals surface area contributed by atoms with Gasteiger partial charge in [0.1, 0.15) is 5.82 Å². The minimum Gasteiger partial charge on any atom is -0.481 e. The Morgan fingerprint density at radius 2 is 1.77 bits per heavy atom. The van der Waals surface area contributed by atoms with Crippen LogP contribution in [0.5, 0.6) is 0 Å². The first-order valence-corrected chi connectivity index (χ1v) is 8.83. The fourth-order valence-electron chi connectivity index (χ4n) is 3.66. The summed E-state index contributed by atoms with van der Waals surface area (Å²) in [4.78, 5) is 24.1. The first-order chi connectivity index (χ1) is 12.4. The molecule has 1 amide bonds. The Kier molecular flexibility index (Phi) is 5.07. The van der Waals surface area contributed by atoms with Gasteiger partial charge in [0, 0.05) is 5.69 Å². The maximum atomic E-state index is 13.7. The molecule has 0 aromatic heterocycles. The molecule has 3 rings (SSSR count). The summed E-state index contributed by atoms with van der Waals surface area (Å²) in [6.45, 7) is 1.62. The van der Waals surface area contributed by atoms with Crippen molar-refractivity contribution in [3.8, 4) is 0 Å². The highest BCUT2D eigenvalue weighted by molar-refractivity contribution is 5.99. The van der Waals surface area contributed by atoms with Crippen molar-refractivity contribution in [2.45, 2.75) is 43.9 Å². The van der Waals surface area contributed by atoms with E-state index in [-0.39, 0.29) is 11.7 Å². The molecule has 1 atom stereocenters. The fraction of sp³-hybridized carbons (Fsp3) is 0.333. The SMILES string of the molecule is CC(C(=O)O)c1ccc(NC(=O)C2(c3cccc(F)c3)CCCC2)cc1. The maximum Gasteiger partial charge on any atom is 0.310 e. The van der Waals surface area contributed by atoms with Crippen molar-refractivity contribution < 1.29 is 19.1 Å². The lowest BCUT2D eigenvalue weighted by atomic mass is 9.78. The largest absolute Gasteiger partial charge is 0.481 e. The van der Waals surface area contributed by atoms with Gasteiger partial charge in [0.15, 0.2) is 0 Å². The number of nitrogens with one attached hydrogen (secondary N) is 1. The summed E-state index contributed by atoms with van der Waals surface area (Å²) in [6, 6.07) is 13.1. The van der Waals surface area contributed by atoms with E-state index in [1.54, 1.807) is 37.3 Å². The van der Waals surface area contributed by atoms with E-state index in [0.717, 1.165) is 12.8 Å². The summed E-state index contributed by atoms with van der Waals surface area (Å²) in [5, 5.41) is 12.0. The lowest BCUT2D eigenvalue weighted by molar-refractivity contribution is -0.138. The highest BCUT2D eigenvalue weighted by atomic mass is 19.1. The number of carboxylic acids is 1. The summed E-state index contributed by atoms with van der Waals surface area (Å²) >= 11 is 0. The van der Waals surface area contributed by atoms with Gasteiger partial charge in [0.05, 0.1) is 11.3 Å². The molecule has 1 saturated carbocycles. The molecular weight excluding hydrogens is 333 g/mol. The predicted octanol–water partition coefficient (Wildman–Crippen LogP) is 4.46. The van der Waals surface area contributed by atoms with Crippen LogP contribution in [0.4, 0.5) is 10.1 Å². The van der Waals surface area contributed by atoms with E-state index in [9.17, 15) is 14.0 Å². The Balaban J connectivity index is 1.82. The Morgan fingerprint density at radius 1 is 1.12 bits per heavy atom. The second kappa shape index (κ2) is 7.28. The van der Waals surface area contributed by atoms with Crippen LogP contribution < -0.4 is 5.32 Å². The lowest BCUT2D eigenvalue weighted by Crippen LogP contribution is -2.38. The average Bonchev–Trinajstić information content (AvgIpc) is 3.13. The molecule has 0 aliphatic heterocycles. The molecule has 136 valence electrons. The minimum atomic E-state index is -0.891. The number of aliphatic carboxylic acids is 1. The van der Waals surface area contributed by atoms with E-state index in [1.165, 1.54) is 12.1 Å². The topological polar surface area (TPSA) is 66.4 Å². The van der Waals surface area contributed by atoms with Crippen LogP contribution in [0.3, 0.4) is 0 Å². The Bertz CT molecular complexity index is 810. The zero-order chi connectivity index (χ0) is 18.7. The number of carboxylic acid groups (broad SMARTS) is 1. The second-order valence-corrected chi connectivity index (χ2v) is 6.94. The maximum absolute atomic E-state index is 13.7. The third kappa shape index (κ3) is 3.47. The van der Waals surface area contributed by atoms with Crippen LogP contribution in [0.15, 0.2) is 48.5 Å². The van der Waals surface area contributed by atoms with Crippen molar-refractivity contribution >= 4 is 17.6 Å². The molecule has 1 fully saturated rings. The number of benzene rings is 2. The molecule has 0 bridgehead atoms. The van der Waals surface area contributed by atoms with Crippen LogP contribution in [-0.2, 0) is 15.0 Å². The lowest BCUT2D eigenvalue weighted by Gasteiger charge is -2.28. The van der Waals surface area contributed by atoms with Crippen molar-refractivity contribution in [3.63, 3.8) is 0 Å². The van der Waals surface area contributed by atoms with Gasteiger partial charge in [-0.15, -0.1) is 0 Å². The summed E-state index contributed by atoms with van der Waals surface area (Å²) in [5.74, 6) is -1.97. The van der Waals surface area contributed by atoms with Gasteiger partial charge in [0.2, 0.25) is 5.91 Å². The number of anilines is 1. The highest BCUT2D eigenvalue weighted by Gasteiger charge is 2.42. The molecule has 2 aromatic rings. The van der Waals surface area contributed by atoms with Gasteiger partial charge < -0.3 is 10.4 Å². The quantitative estimate of drug-likeness (QED) is 0.832. The number of rotatable bonds is 5. The molecule has 4 nitrogen and oxygen atoms in total. The van der Waals surface area contributed by atoms with Gasteiger partial charge >= 0.3 is 5.97 Å². The molecule has 2 N–H and O–H groups in total. The first-order valence-electron chi connectivity index (χ1n) is 8.83. The van der Waals surface area contributed by atoms with E-state index in [4.69, 9.17) is 5.11 Å². The van der Waals surface area contributed by atoms with Gasteiger partial charge in [0.25, 0.3) is 0 Å². The van der Waals surface area contributed by atoms with Gasteiger partial charge in [-0.3, -0.25) is 9.59 Å². The second-order valence-electron chi connectivity index (χ2n) is 6.94. The Hall–Kier alpha value is -2.69. The van der Waals surface area contributed by atoms with Crippen molar-refractivity contribution in [3.05, 3.63) is 65.5 Å². The van der Waals surface area contributed by atoms with Crippen molar-refractivity contribution in [2.75, 3.05) is 5.32 Å². The Labute approximate surface area is 152 Å². The van der Waals surface area contributed by atoms with Gasteiger partial charge in [-0.1, -0.05) is 37.1 Å². The van der Waals surface area contributed by atoms with Crippen LogP contribution in [0.25, 0.3) is 0 Å². The zero-order valence-electron chi connectivity index (χ0n) is 14.7. The van der Waals surface area contributed by atoms with Gasteiger partial charge in [-0.2, -0.15) is 0 Å². The average molecular weight is 355 g/mol. The van der Waals surface area contributed by atoms with Crippen molar-refractivity contribution in [1.82, 2.24) is 0 Å². The Morgan fingerprint density at radius 3 is 2.35 bits per heavy atom. The molecule has 0 heterocycles. The third-order valence-corrected chi connectivity index (χ3v) is 5.31. The number of amides is 1. The van der Waals surface area contributed by atoms with Gasteiger partial charge in [-0.25, -0.2) is 4.39 Å². The molecule has 1 unspecified atom stereocenters. The fourth-order valence-corrected chi connectivity index (χ4v) is 3.66. The number of carbonyl (C=O) groups excluding carboxylic acids is 1.